The third-order valence-corrected chi connectivity index (χ3v) is 6.80. The molecule has 0 amide bonds. The van der Waals surface area contributed by atoms with Crippen molar-refractivity contribution in [2.75, 3.05) is 0 Å². The van der Waals surface area contributed by atoms with E-state index in [2.05, 4.69) is 35.9 Å². The lowest BCUT2D eigenvalue weighted by Crippen LogP contribution is -2.18. The lowest BCUT2D eigenvalue weighted by molar-refractivity contribution is -0.275. The minimum Gasteiger partial charge on any atom is -0.403 e. The molecule has 4 rings (SSSR count). The summed E-state index contributed by atoms with van der Waals surface area (Å²) in [6.07, 6.45) is 2.95. The molecule has 0 aromatic heterocycles. The second-order valence-corrected chi connectivity index (χ2v) is 9.65. The zero-order valence-corrected chi connectivity index (χ0v) is 21.4. The van der Waals surface area contributed by atoms with Gasteiger partial charge in [-0.15, -0.1) is 13.2 Å². The lowest BCUT2D eigenvalue weighted by Gasteiger charge is -2.11. The van der Waals surface area contributed by atoms with E-state index < -0.39 is 17.9 Å². The quantitative estimate of drug-likeness (QED) is 0.140. The molecule has 38 heavy (non-hydrogen) atoms. The maximum absolute atomic E-state index is 15.3. The fourth-order valence-corrected chi connectivity index (χ4v) is 4.69. The summed E-state index contributed by atoms with van der Waals surface area (Å²) >= 11 is 0. The first kappa shape index (κ1) is 27.6. The zero-order valence-electron chi connectivity index (χ0n) is 21.4. The number of unbranched alkanes of at least 4 members (excludes halogenated alkanes) is 4. The van der Waals surface area contributed by atoms with Crippen molar-refractivity contribution in [1.82, 2.24) is 0 Å². The number of halogens is 5. The summed E-state index contributed by atoms with van der Waals surface area (Å²) < 4.78 is 69.9. The minimum absolute atomic E-state index is 0.273. The number of alkyl halides is 3. The van der Waals surface area contributed by atoms with Gasteiger partial charge in [-0.25, -0.2) is 8.78 Å². The summed E-state index contributed by atoms with van der Waals surface area (Å²) in [6.45, 7) is 2.22. The van der Waals surface area contributed by atoms with Crippen LogP contribution in [0.25, 0.3) is 21.9 Å². The number of hydrogen-bond acceptors (Lipinski definition) is 1. The fourth-order valence-electron chi connectivity index (χ4n) is 4.69. The van der Waals surface area contributed by atoms with Crippen LogP contribution in [0.5, 0.6) is 5.75 Å². The highest BCUT2D eigenvalue weighted by molar-refractivity contribution is 5.88. The van der Waals surface area contributed by atoms with Crippen molar-refractivity contribution >= 4 is 10.8 Å². The predicted octanol–water partition coefficient (Wildman–Crippen LogP) is 9.98. The van der Waals surface area contributed by atoms with Gasteiger partial charge in [0.15, 0.2) is 11.6 Å². The van der Waals surface area contributed by atoms with Crippen LogP contribution < -0.4 is 4.74 Å². The Bertz CT molecular complexity index is 1360. The Labute approximate surface area is 220 Å². The highest BCUT2D eigenvalue weighted by Gasteiger charge is 2.32. The van der Waals surface area contributed by atoms with E-state index >= 15 is 4.39 Å². The van der Waals surface area contributed by atoms with Crippen LogP contribution in [0.3, 0.4) is 0 Å². The number of rotatable bonds is 11. The maximum atomic E-state index is 15.3. The fraction of sp³-hybridized carbons (Fsp3) is 0.312. The Morgan fingerprint density at radius 1 is 0.658 bits per heavy atom. The molecule has 0 radical (unpaired) electrons. The number of ether oxygens (including phenoxy) is 1. The van der Waals surface area contributed by atoms with Gasteiger partial charge in [-0.3, -0.25) is 0 Å². The van der Waals surface area contributed by atoms with Gasteiger partial charge in [0.1, 0.15) is 5.82 Å². The van der Waals surface area contributed by atoms with Crippen LogP contribution in [0.15, 0.2) is 72.8 Å². The largest absolute Gasteiger partial charge is 0.573 e. The van der Waals surface area contributed by atoms with Gasteiger partial charge in [0.05, 0.1) is 0 Å². The zero-order chi connectivity index (χ0) is 27.1. The first-order valence-electron chi connectivity index (χ1n) is 13.1. The SMILES string of the molecule is CCCCCCCc1ccc(-c2ccc3c(F)c(CCc4ccc(OC(F)(F)F)c(F)c4)ccc3c2)cc1. The standard InChI is InChI=1S/C32H31F5O/c1-2-3-4-5-6-7-22-8-12-24(13-9-22)26-17-18-28-27(21-26)16-15-25(31(28)34)14-10-23-11-19-30(29(33)20-23)38-32(35,36)37/h8-9,11-13,15-21H,2-7,10,14H2,1H3. The van der Waals surface area contributed by atoms with E-state index in [1.165, 1.54) is 43.7 Å². The van der Waals surface area contributed by atoms with E-state index in [9.17, 15) is 17.6 Å². The molecular formula is C32H31F5O. The van der Waals surface area contributed by atoms with E-state index in [1.807, 2.05) is 18.2 Å². The molecule has 0 spiro atoms. The topological polar surface area (TPSA) is 9.23 Å². The third kappa shape index (κ3) is 7.33. The molecule has 0 aliphatic carbocycles. The summed E-state index contributed by atoms with van der Waals surface area (Å²) in [5, 5.41) is 1.28. The average molecular weight is 527 g/mol. The van der Waals surface area contributed by atoms with E-state index in [0.717, 1.165) is 35.1 Å². The van der Waals surface area contributed by atoms with Gasteiger partial charge in [0, 0.05) is 5.39 Å². The van der Waals surface area contributed by atoms with Gasteiger partial charge in [-0.05, 0) is 77.1 Å². The molecule has 1 nitrogen and oxygen atoms in total. The molecular weight excluding hydrogens is 495 g/mol. The van der Waals surface area contributed by atoms with Crippen molar-refractivity contribution in [3.63, 3.8) is 0 Å². The molecule has 0 unspecified atom stereocenters. The van der Waals surface area contributed by atoms with Crippen molar-refractivity contribution in [2.45, 2.75) is 64.7 Å². The van der Waals surface area contributed by atoms with E-state index in [-0.39, 0.29) is 18.7 Å². The highest BCUT2D eigenvalue weighted by Crippen LogP contribution is 2.30. The number of aryl methyl sites for hydroxylation is 3. The van der Waals surface area contributed by atoms with Crippen LogP contribution in [0.4, 0.5) is 22.0 Å². The summed E-state index contributed by atoms with van der Waals surface area (Å²) in [4.78, 5) is 0. The van der Waals surface area contributed by atoms with Crippen LogP contribution in [0, 0.1) is 11.6 Å². The van der Waals surface area contributed by atoms with Crippen molar-refractivity contribution in [2.24, 2.45) is 0 Å². The minimum atomic E-state index is -4.96. The van der Waals surface area contributed by atoms with Gasteiger partial charge >= 0.3 is 6.36 Å². The first-order valence-corrected chi connectivity index (χ1v) is 13.1. The van der Waals surface area contributed by atoms with Gasteiger partial charge in [-0.2, -0.15) is 0 Å². The summed E-state index contributed by atoms with van der Waals surface area (Å²) in [5.74, 6) is -2.33. The predicted molar refractivity (Wildman–Crippen MR) is 142 cm³/mol. The van der Waals surface area contributed by atoms with E-state index in [4.69, 9.17) is 0 Å². The molecule has 4 aromatic rings. The Hall–Kier alpha value is -3.41. The second kappa shape index (κ2) is 12.4. The number of fused-ring (bicyclic) bond motifs is 1. The van der Waals surface area contributed by atoms with Crippen LogP contribution in [0.1, 0.15) is 55.7 Å². The molecule has 4 aromatic carbocycles. The van der Waals surface area contributed by atoms with Crippen LogP contribution in [0.2, 0.25) is 0 Å². The summed E-state index contributed by atoms with van der Waals surface area (Å²) in [7, 11) is 0. The molecule has 0 aliphatic heterocycles. The first-order chi connectivity index (χ1) is 18.2. The normalized spacial score (nSPS) is 11.7. The van der Waals surface area contributed by atoms with Gasteiger partial charge < -0.3 is 4.74 Å². The van der Waals surface area contributed by atoms with Crippen molar-refractivity contribution in [3.8, 4) is 16.9 Å². The molecule has 0 bridgehead atoms. The molecule has 200 valence electrons. The van der Waals surface area contributed by atoms with Crippen LogP contribution >= 0.6 is 0 Å². The maximum Gasteiger partial charge on any atom is 0.573 e. The average Bonchev–Trinajstić information content (AvgIpc) is 2.89. The molecule has 0 N–H and O–H groups in total. The molecule has 0 saturated heterocycles. The van der Waals surface area contributed by atoms with Gasteiger partial charge in [-0.1, -0.05) is 87.2 Å². The lowest BCUT2D eigenvalue weighted by atomic mass is 9.96. The Morgan fingerprint density at radius 2 is 1.37 bits per heavy atom. The van der Waals surface area contributed by atoms with Gasteiger partial charge in [0.25, 0.3) is 0 Å². The monoisotopic (exact) mass is 526 g/mol. The van der Waals surface area contributed by atoms with E-state index in [0.29, 0.717) is 16.5 Å². The van der Waals surface area contributed by atoms with Crippen molar-refractivity contribution in [1.29, 1.82) is 0 Å². The van der Waals surface area contributed by atoms with Crippen LogP contribution in [-0.2, 0) is 19.3 Å². The molecule has 0 heterocycles. The highest BCUT2D eigenvalue weighted by atomic mass is 19.4. The summed E-state index contributed by atoms with van der Waals surface area (Å²) in [5.41, 5.74) is 4.33. The van der Waals surface area contributed by atoms with Crippen LogP contribution in [-0.4, -0.2) is 6.36 Å². The smallest absolute Gasteiger partial charge is 0.403 e. The Morgan fingerprint density at radius 3 is 2.08 bits per heavy atom. The molecule has 6 heteroatoms. The van der Waals surface area contributed by atoms with Crippen molar-refractivity contribution < 1.29 is 26.7 Å². The molecule has 0 saturated carbocycles. The number of hydrogen-bond donors (Lipinski definition) is 0. The molecule has 0 fully saturated rings. The second-order valence-electron chi connectivity index (χ2n) is 9.65. The Balaban J connectivity index is 1.41. The number of benzene rings is 4. The third-order valence-electron chi connectivity index (χ3n) is 6.80. The van der Waals surface area contributed by atoms with Gasteiger partial charge in [0.2, 0.25) is 0 Å². The molecule has 0 aliphatic rings. The Kier molecular flexibility index (Phi) is 9.03. The molecule has 0 atom stereocenters. The van der Waals surface area contributed by atoms with Crippen molar-refractivity contribution in [3.05, 3.63) is 101 Å². The summed E-state index contributed by atoms with van der Waals surface area (Å²) in [6, 6.07) is 21.0. The van der Waals surface area contributed by atoms with E-state index in [1.54, 1.807) is 12.1 Å².